The molecule has 0 N–H and O–H groups in total. The van der Waals surface area contributed by atoms with Crippen LogP contribution in [-0.2, 0) is 0 Å². The monoisotopic (exact) mass is 675 g/mol. The van der Waals surface area contributed by atoms with E-state index in [4.69, 9.17) is 19.4 Å². The van der Waals surface area contributed by atoms with Crippen LogP contribution >= 0.6 is 0 Å². The molecule has 0 unspecified atom stereocenters. The summed E-state index contributed by atoms with van der Waals surface area (Å²) in [5.41, 5.74) is 6.61. The fourth-order valence-electron chi connectivity index (χ4n) is 8.08. The van der Waals surface area contributed by atoms with E-state index in [2.05, 4.69) is 158 Å². The van der Waals surface area contributed by atoms with Crippen molar-refractivity contribution in [2.75, 3.05) is 0 Å². The minimum absolute atomic E-state index is 0.596. The number of hydrogen-bond acceptors (Lipinski definition) is 4. The topological polar surface area (TPSA) is 51.8 Å². The number of rotatable bonds is 4. The zero-order valence-electron chi connectivity index (χ0n) is 28.5. The second-order valence-electron chi connectivity index (χ2n) is 13.5. The first-order valence-corrected chi connectivity index (χ1v) is 17.9. The molecule has 0 aliphatic carbocycles. The van der Waals surface area contributed by atoms with Crippen molar-refractivity contribution in [3.8, 4) is 45.3 Å². The Morgan fingerprint density at radius 3 is 1.70 bits per heavy atom. The van der Waals surface area contributed by atoms with Gasteiger partial charge in [0.2, 0.25) is 0 Å². The summed E-state index contributed by atoms with van der Waals surface area (Å²) in [6, 6.07) is 61.5. The molecule has 0 radical (unpaired) electrons. The Balaban J connectivity index is 1.24. The number of aromatic nitrogens is 3. The van der Waals surface area contributed by atoms with Crippen molar-refractivity contribution in [1.29, 1.82) is 0 Å². The molecule has 0 spiro atoms. The lowest BCUT2D eigenvalue weighted by Crippen LogP contribution is -2.01. The summed E-state index contributed by atoms with van der Waals surface area (Å²) >= 11 is 0. The number of hydrogen-bond donors (Lipinski definition) is 0. The highest BCUT2D eigenvalue weighted by Gasteiger charge is 2.21. The second-order valence-corrected chi connectivity index (χ2v) is 13.5. The lowest BCUT2D eigenvalue weighted by atomic mass is 9.93. The zero-order chi connectivity index (χ0) is 34.9. The van der Waals surface area contributed by atoms with Crippen LogP contribution in [0.4, 0.5) is 0 Å². The summed E-state index contributed by atoms with van der Waals surface area (Å²) in [6.07, 6.45) is 0. The average molecular weight is 676 g/mol. The Kier molecular flexibility index (Phi) is 6.52. The summed E-state index contributed by atoms with van der Waals surface area (Å²) in [7, 11) is 0. The first-order chi connectivity index (χ1) is 26.3. The second kappa shape index (κ2) is 11.7. The molecule has 246 valence electrons. The Hall–Kier alpha value is -7.17. The molecule has 0 aliphatic heterocycles. The Labute approximate surface area is 304 Å². The number of para-hydroxylation sites is 1. The molecule has 0 atom stereocenters. The molecule has 2 heterocycles. The maximum atomic E-state index is 6.66. The lowest BCUT2D eigenvalue weighted by Gasteiger charge is -2.14. The van der Waals surface area contributed by atoms with Crippen molar-refractivity contribution in [2.45, 2.75) is 0 Å². The van der Waals surface area contributed by atoms with Crippen molar-refractivity contribution >= 4 is 65.0 Å². The van der Waals surface area contributed by atoms with E-state index < -0.39 is 0 Å². The third kappa shape index (κ3) is 4.66. The van der Waals surface area contributed by atoms with Gasteiger partial charge in [0, 0.05) is 33.0 Å². The molecule has 4 heteroatoms. The summed E-state index contributed by atoms with van der Waals surface area (Å²) in [5, 5.41) is 11.2. The highest BCUT2D eigenvalue weighted by molar-refractivity contribution is 6.21. The number of fused-ring (bicyclic) bond motifs is 9. The number of furan rings is 1. The fourth-order valence-corrected chi connectivity index (χ4v) is 8.08. The SMILES string of the molecule is c1ccc(-c2cccc3c2oc2cccc(-c4nc(-c5cccc6ccccc56)nc(-c5cc6c7ccccc7ccc6c6ccccc56)n4)c23)cc1. The molecule has 0 saturated heterocycles. The van der Waals surface area contributed by atoms with E-state index in [1.165, 1.54) is 21.5 Å². The Morgan fingerprint density at radius 2 is 0.868 bits per heavy atom. The fraction of sp³-hybridized carbons (Fsp3) is 0. The molecule has 0 amide bonds. The van der Waals surface area contributed by atoms with Crippen LogP contribution in [0.1, 0.15) is 0 Å². The molecule has 0 fully saturated rings. The van der Waals surface area contributed by atoms with Crippen molar-refractivity contribution in [1.82, 2.24) is 15.0 Å². The van der Waals surface area contributed by atoms with Gasteiger partial charge in [0.25, 0.3) is 0 Å². The van der Waals surface area contributed by atoms with Crippen LogP contribution in [0.2, 0.25) is 0 Å². The molecule has 53 heavy (non-hydrogen) atoms. The van der Waals surface area contributed by atoms with Gasteiger partial charge in [0.1, 0.15) is 11.2 Å². The zero-order valence-corrected chi connectivity index (χ0v) is 28.5. The van der Waals surface area contributed by atoms with Crippen LogP contribution in [0.25, 0.3) is 110 Å². The first kappa shape index (κ1) is 29.5. The van der Waals surface area contributed by atoms with Crippen LogP contribution < -0.4 is 0 Å². The maximum Gasteiger partial charge on any atom is 0.164 e. The van der Waals surface area contributed by atoms with Crippen molar-refractivity contribution in [2.24, 2.45) is 0 Å². The largest absolute Gasteiger partial charge is 0.455 e. The molecule has 2 aromatic heterocycles. The van der Waals surface area contributed by atoms with E-state index in [1.54, 1.807) is 0 Å². The van der Waals surface area contributed by atoms with Gasteiger partial charge >= 0.3 is 0 Å². The minimum Gasteiger partial charge on any atom is -0.455 e. The molecule has 9 aromatic carbocycles. The van der Waals surface area contributed by atoms with Crippen LogP contribution in [-0.4, -0.2) is 15.0 Å². The summed E-state index contributed by atoms with van der Waals surface area (Å²) in [5.74, 6) is 1.84. The molecular formula is C49H29N3O. The van der Waals surface area contributed by atoms with Gasteiger partial charge in [0.15, 0.2) is 17.5 Å². The highest BCUT2D eigenvalue weighted by Crippen LogP contribution is 2.42. The quantitative estimate of drug-likeness (QED) is 0.174. The van der Waals surface area contributed by atoms with Gasteiger partial charge < -0.3 is 4.42 Å². The third-order valence-electron chi connectivity index (χ3n) is 10.5. The van der Waals surface area contributed by atoms with Crippen LogP contribution in [0, 0.1) is 0 Å². The Morgan fingerprint density at radius 1 is 0.321 bits per heavy atom. The van der Waals surface area contributed by atoms with Gasteiger partial charge in [0.05, 0.1) is 0 Å². The van der Waals surface area contributed by atoms with E-state index in [1.807, 2.05) is 18.2 Å². The normalized spacial score (nSPS) is 11.8. The van der Waals surface area contributed by atoms with Gasteiger partial charge in [-0.2, -0.15) is 0 Å². The van der Waals surface area contributed by atoms with E-state index in [0.717, 1.165) is 71.3 Å². The van der Waals surface area contributed by atoms with E-state index in [9.17, 15) is 0 Å². The van der Waals surface area contributed by atoms with Gasteiger partial charge in [-0.25, -0.2) is 15.0 Å². The number of benzene rings is 9. The molecular weight excluding hydrogens is 647 g/mol. The molecule has 11 rings (SSSR count). The highest BCUT2D eigenvalue weighted by atomic mass is 16.3. The maximum absolute atomic E-state index is 6.66. The molecule has 11 aromatic rings. The summed E-state index contributed by atoms with van der Waals surface area (Å²) in [4.78, 5) is 16.0. The Bertz CT molecular complexity index is 3230. The van der Waals surface area contributed by atoms with E-state index >= 15 is 0 Å². The minimum atomic E-state index is 0.596. The van der Waals surface area contributed by atoms with Gasteiger partial charge in [-0.3, -0.25) is 0 Å². The predicted molar refractivity (Wildman–Crippen MR) is 219 cm³/mol. The average Bonchev–Trinajstić information content (AvgIpc) is 3.62. The van der Waals surface area contributed by atoms with Crippen molar-refractivity contribution in [3.05, 3.63) is 176 Å². The van der Waals surface area contributed by atoms with Gasteiger partial charge in [-0.15, -0.1) is 0 Å². The van der Waals surface area contributed by atoms with Crippen molar-refractivity contribution in [3.63, 3.8) is 0 Å². The van der Waals surface area contributed by atoms with Crippen LogP contribution in [0.15, 0.2) is 180 Å². The third-order valence-corrected chi connectivity index (χ3v) is 10.5. The molecule has 0 aliphatic rings. The number of nitrogens with zero attached hydrogens (tertiary/aromatic N) is 3. The van der Waals surface area contributed by atoms with Gasteiger partial charge in [-0.1, -0.05) is 164 Å². The summed E-state index contributed by atoms with van der Waals surface area (Å²) in [6.45, 7) is 0. The predicted octanol–water partition coefficient (Wildman–Crippen LogP) is 13.1. The van der Waals surface area contributed by atoms with Crippen LogP contribution in [0.5, 0.6) is 0 Å². The van der Waals surface area contributed by atoms with Crippen LogP contribution in [0.3, 0.4) is 0 Å². The lowest BCUT2D eigenvalue weighted by molar-refractivity contribution is 0.670. The first-order valence-electron chi connectivity index (χ1n) is 17.9. The smallest absolute Gasteiger partial charge is 0.164 e. The van der Waals surface area contributed by atoms with Gasteiger partial charge in [-0.05, 0) is 60.8 Å². The van der Waals surface area contributed by atoms with E-state index in [0.29, 0.717) is 17.5 Å². The molecule has 0 bridgehead atoms. The van der Waals surface area contributed by atoms with Crippen molar-refractivity contribution < 1.29 is 4.42 Å². The van der Waals surface area contributed by atoms with E-state index in [-0.39, 0.29) is 0 Å². The summed E-state index contributed by atoms with van der Waals surface area (Å²) < 4.78 is 6.66. The molecule has 4 nitrogen and oxygen atoms in total. The molecule has 0 saturated carbocycles. The standard InChI is InChI=1S/C49H29N3O/c1-2-13-31(14-3-1)35-22-11-24-40-45-41(25-12-26-44(45)53-46(35)40)48-50-47(39-23-10-17-30-15-4-6-18-33(30)39)51-49(52-48)43-29-42-34-19-7-5-16-32(34)27-28-38(42)36-20-8-9-21-37(36)43/h1-29H.